The minimum atomic E-state index is -0.0391. The zero-order chi connectivity index (χ0) is 19.2. The summed E-state index contributed by atoms with van der Waals surface area (Å²) in [7, 11) is 1.81. The summed E-state index contributed by atoms with van der Waals surface area (Å²) in [5, 5.41) is 0. The highest BCUT2D eigenvalue weighted by atomic mass is 16.5. The molecule has 1 fully saturated rings. The SMILES string of the molecule is Cc1ccc(OCCN(C)C(=O)C2CCN(C(=O)c3ccoc3)CC2)cc1. The number of nitrogens with zero attached hydrogens (tertiary/aromatic N) is 2. The Kier molecular flexibility index (Phi) is 6.16. The third-order valence-corrected chi connectivity index (χ3v) is 4.99. The van der Waals surface area contributed by atoms with E-state index >= 15 is 0 Å². The Balaban J connectivity index is 1.41. The molecule has 1 aliphatic heterocycles. The number of carbonyl (C=O) groups excluding carboxylic acids is 2. The van der Waals surface area contributed by atoms with Crippen LogP contribution in [0.1, 0.15) is 28.8 Å². The van der Waals surface area contributed by atoms with E-state index in [2.05, 4.69) is 0 Å². The van der Waals surface area contributed by atoms with Gasteiger partial charge in [-0.25, -0.2) is 0 Å². The third-order valence-electron chi connectivity index (χ3n) is 4.99. The maximum Gasteiger partial charge on any atom is 0.257 e. The van der Waals surface area contributed by atoms with Crippen molar-refractivity contribution < 1.29 is 18.7 Å². The summed E-state index contributed by atoms with van der Waals surface area (Å²) in [5.74, 6) is 0.864. The number of likely N-dealkylation sites (N-methyl/N-ethyl adjacent to an activating group) is 1. The van der Waals surface area contributed by atoms with Crippen LogP contribution in [0.25, 0.3) is 0 Å². The number of rotatable bonds is 6. The molecule has 27 heavy (non-hydrogen) atoms. The second-order valence-corrected chi connectivity index (χ2v) is 7.00. The molecule has 1 aliphatic rings. The van der Waals surface area contributed by atoms with Crippen molar-refractivity contribution in [3.05, 3.63) is 54.0 Å². The number of amides is 2. The largest absolute Gasteiger partial charge is 0.492 e. The van der Waals surface area contributed by atoms with Crippen LogP contribution in [0.4, 0.5) is 0 Å². The molecule has 6 nitrogen and oxygen atoms in total. The van der Waals surface area contributed by atoms with Crippen molar-refractivity contribution in [2.75, 3.05) is 33.3 Å². The van der Waals surface area contributed by atoms with E-state index in [9.17, 15) is 9.59 Å². The summed E-state index contributed by atoms with van der Waals surface area (Å²) < 4.78 is 10.7. The monoisotopic (exact) mass is 370 g/mol. The van der Waals surface area contributed by atoms with Gasteiger partial charge >= 0.3 is 0 Å². The van der Waals surface area contributed by atoms with Gasteiger partial charge in [0.1, 0.15) is 18.6 Å². The molecule has 2 amide bonds. The molecular formula is C21H26N2O4. The first-order valence-electron chi connectivity index (χ1n) is 9.30. The molecule has 2 heterocycles. The molecule has 1 saturated heterocycles. The van der Waals surface area contributed by atoms with Gasteiger partial charge in [-0.15, -0.1) is 0 Å². The zero-order valence-corrected chi connectivity index (χ0v) is 15.9. The third kappa shape index (κ3) is 4.90. The van der Waals surface area contributed by atoms with Gasteiger partial charge < -0.3 is 19.0 Å². The fourth-order valence-corrected chi connectivity index (χ4v) is 3.26. The van der Waals surface area contributed by atoms with Gasteiger partial charge in [-0.1, -0.05) is 17.7 Å². The number of likely N-dealkylation sites (tertiary alicyclic amines) is 1. The average molecular weight is 370 g/mol. The quantitative estimate of drug-likeness (QED) is 0.784. The predicted molar refractivity (Wildman–Crippen MR) is 102 cm³/mol. The van der Waals surface area contributed by atoms with Gasteiger partial charge in [0.05, 0.1) is 18.4 Å². The minimum Gasteiger partial charge on any atom is -0.492 e. The Labute approximate surface area is 159 Å². The molecule has 0 unspecified atom stereocenters. The van der Waals surface area contributed by atoms with Crippen LogP contribution in [0, 0.1) is 12.8 Å². The maximum absolute atomic E-state index is 12.6. The summed E-state index contributed by atoms with van der Waals surface area (Å²) in [5.41, 5.74) is 1.75. The molecule has 0 saturated carbocycles. The van der Waals surface area contributed by atoms with E-state index in [-0.39, 0.29) is 17.7 Å². The summed E-state index contributed by atoms with van der Waals surface area (Å²) in [6, 6.07) is 9.54. The Morgan fingerprint density at radius 3 is 2.52 bits per heavy atom. The molecule has 0 atom stereocenters. The van der Waals surface area contributed by atoms with Crippen LogP contribution in [0.15, 0.2) is 47.3 Å². The molecule has 1 aromatic heterocycles. The summed E-state index contributed by atoms with van der Waals surface area (Å²) in [4.78, 5) is 28.5. The molecule has 1 aromatic carbocycles. The highest BCUT2D eigenvalue weighted by Crippen LogP contribution is 2.21. The molecule has 0 N–H and O–H groups in total. The van der Waals surface area contributed by atoms with Crippen LogP contribution < -0.4 is 4.74 Å². The van der Waals surface area contributed by atoms with Crippen molar-refractivity contribution in [1.82, 2.24) is 9.80 Å². The molecule has 6 heteroatoms. The predicted octanol–water partition coefficient (Wildman–Crippen LogP) is 2.98. The van der Waals surface area contributed by atoms with Crippen LogP contribution in [0.5, 0.6) is 5.75 Å². The van der Waals surface area contributed by atoms with Gasteiger partial charge in [0.2, 0.25) is 5.91 Å². The van der Waals surface area contributed by atoms with Crippen LogP contribution in [0.3, 0.4) is 0 Å². The number of carbonyl (C=O) groups is 2. The molecule has 0 radical (unpaired) electrons. The van der Waals surface area contributed by atoms with Crippen molar-refractivity contribution in [2.24, 2.45) is 5.92 Å². The second-order valence-electron chi connectivity index (χ2n) is 7.00. The van der Waals surface area contributed by atoms with Gasteiger partial charge in [0.25, 0.3) is 5.91 Å². The molecule has 2 aromatic rings. The van der Waals surface area contributed by atoms with Crippen LogP contribution in [-0.4, -0.2) is 54.9 Å². The van der Waals surface area contributed by atoms with Crippen LogP contribution in [0.2, 0.25) is 0 Å². The first-order valence-corrected chi connectivity index (χ1v) is 9.30. The van der Waals surface area contributed by atoms with Gasteiger partial charge in [-0.3, -0.25) is 9.59 Å². The Morgan fingerprint density at radius 2 is 1.89 bits per heavy atom. The van der Waals surface area contributed by atoms with E-state index in [0.29, 0.717) is 44.6 Å². The molecule has 0 bridgehead atoms. The summed E-state index contributed by atoms with van der Waals surface area (Å²) in [6.07, 6.45) is 4.33. The van der Waals surface area contributed by atoms with Crippen molar-refractivity contribution in [1.29, 1.82) is 0 Å². The molecular weight excluding hydrogens is 344 g/mol. The number of benzene rings is 1. The number of aryl methyl sites for hydroxylation is 1. The van der Waals surface area contributed by atoms with Gasteiger partial charge in [-0.2, -0.15) is 0 Å². The van der Waals surface area contributed by atoms with E-state index in [0.717, 1.165) is 5.75 Å². The first-order chi connectivity index (χ1) is 13.0. The first kappa shape index (κ1) is 19.0. The highest BCUT2D eigenvalue weighted by Gasteiger charge is 2.29. The normalized spacial score (nSPS) is 14.8. The van der Waals surface area contributed by atoms with Crippen molar-refractivity contribution in [3.8, 4) is 5.75 Å². The Hall–Kier alpha value is -2.76. The van der Waals surface area contributed by atoms with E-state index in [1.54, 1.807) is 15.9 Å². The molecule has 0 spiro atoms. The number of hydrogen-bond donors (Lipinski definition) is 0. The molecule has 0 aliphatic carbocycles. The van der Waals surface area contributed by atoms with E-state index in [1.807, 2.05) is 38.2 Å². The summed E-state index contributed by atoms with van der Waals surface area (Å²) in [6.45, 7) is 4.22. The van der Waals surface area contributed by atoms with Crippen molar-refractivity contribution in [2.45, 2.75) is 19.8 Å². The Bertz CT molecular complexity index is 747. The lowest BCUT2D eigenvalue weighted by atomic mass is 9.95. The fraction of sp³-hybridized carbons (Fsp3) is 0.429. The molecule has 3 rings (SSSR count). The van der Waals surface area contributed by atoms with Gasteiger partial charge in [-0.05, 0) is 38.0 Å². The van der Waals surface area contributed by atoms with Gasteiger partial charge in [0, 0.05) is 26.1 Å². The standard InChI is InChI=1S/C21H26N2O4/c1-16-3-5-19(6-4-16)27-14-12-22(2)20(24)17-7-10-23(11-8-17)21(25)18-9-13-26-15-18/h3-6,9,13,15,17H,7-8,10-12,14H2,1-2H3. The van der Waals surface area contributed by atoms with Gasteiger partial charge in [0.15, 0.2) is 0 Å². The zero-order valence-electron chi connectivity index (χ0n) is 15.9. The Morgan fingerprint density at radius 1 is 1.19 bits per heavy atom. The number of hydrogen-bond acceptors (Lipinski definition) is 4. The van der Waals surface area contributed by atoms with Crippen molar-refractivity contribution >= 4 is 11.8 Å². The lowest BCUT2D eigenvalue weighted by Crippen LogP contribution is -2.44. The lowest BCUT2D eigenvalue weighted by molar-refractivity contribution is -0.135. The highest BCUT2D eigenvalue weighted by molar-refractivity contribution is 5.94. The maximum atomic E-state index is 12.6. The number of piperidine rings is 1. The van der Waals surface area contributed by atoms with Crippen LogP contribution in [-0.2, 0) is 4.79 Å². The average Bonchev–Trinajstić information content (AvgIpc) is 3.23. The minimum absolute atomic E-state index is 0.0329. The van der Waals surface area contributed by atoms with Crippen LogP contribution >= 0.6 is 0 Å². The van der Waals surface area contributed by atoms with E-state index in [1.165, 1.54) is 18.1 Å². The smallest absolute Gasteiger partial charge is 0.257 e. The molecule has 144 valence electrons. The number of ether oxygens (including phenoxy) is 1. The second kappa shape index (κ2) is 8.75. The number of furan rings is 1. The fourth-order valence-electron chi connectivity index (χ4n) is 3.26. The van der Waals surface area contributed by atoms with Crippen molar-refractivity contribution in [3.63, 3.8) is 0 Å². The summed E-state index contributed by atoms with van der Waals surface area (Å²) >= 11 is 0. The van der Waals surface area contributed by atoms with E-state index < -0.39 is 0 Å². The van der Waals surface area contributed by atoms with E-state index in [4.69, 9.17) is 9.15 Å². The topological polar surface area (TPSA) is 63.0 Å². The lowest BCUT2D eigenvalue weighted by Gasteiger charge is -2.33.